The largest absolute Gasteiger partial charge is 0.497 e. The second-order valence-electron chi connectivity index (χ2n) is 5.43. The summed E-state index contributed by atoms with van der Waals surface area (Å²) in [6.07, 6.45) is 1.24. The minimum absolute atomic E-state index is 0.886. The van der Waals surface area contributed by atoms with Gasteiger partial charge in [0.25, 0.3) is 0 Å². The van der Waals surface area contributed by atoms with Gasteiger partial charge in [0.15, 0.2) is 0 Å². The van der Waals surface area contributed by atoms with E-state index in [-0.39, 0.29) is 0 Å². The third-order valence-corrected chi connectivity index (χ3v) is 3.99. The number of hydrogen-bond donors (Lipinski definition) is 2. The van der Waals surface area contributed by atoms with Crippen molar-refractivity contribution in [2.45, 2.75) is 13.0 Å². The van der Waals surface area contributed by atoms with E-state index in [1.165, 1.54) is 18.5 Å². The molecule has 1 fully saturated rings. The average Bonchev–Trinajstić information content (AvgIpc) is 2.55. The molecule has 1 saturated heterocycles. The smallest absolute Gasteiger partial charge is 0.127 e. The van der Waals surface area contributed by atoms with Crippen LogP contribution in [0.25, 0.3) is 0 Å². The Balaban J connectivity index is 1.70. The molecule has 0 aliphatic carbocycles. The maximum Gasteiger partial charge on any atom is 0.127 e. The lowest BCUT2D eigenvalue weighted by Gasteiger charge is -2.23. The van der Waals surface area contributed by atoms with Crippen LogP contribution in [0.2, 0.25) is 0 Å². The molecule has 1 heterocycles. The zero-order valence-corrected chi connectivity index (χ0v) is 13.2. The third-order valence-electron chi connectivity index (χ3n) is 3.99. The first-order valence-corrected chi connectivity index (χ1v) is 7.77. The molecule has 2 rings (SSSR count). The number of morpholine rings is 1. The Hall–Kier alpha value is -1.30. The molecule has 0 atom stereocenters. The van der Waals surface area contributed by atoms with Crippen molar-refractivity contribution >= 4 is 0 Å². The highest BCUT2D eigenvalue weighted by molar-refractivity contribution is 5.39. The summed E-state index contributed by atoms with van der Waals surface area (Å²) in [5, 5.41) is 2.34. The van der Waals surface area contributed by atoms with Gasteiger partial charge < -0.3 is 24.4 Å². The number of nitrogens with two attached hydrogens (primary N) is 1. The fourth-order valence-corrected chi connectivity index (χ4v) is 2.71. The predicted molar refractivity (Wildman–Crippen MR) is 81.0 cm³/mol. The fourth-order valence-electron chi connectivity index (χ4n) is 2.71. The summed E-state index contributed by atoms with van der Waals surface area (Å²) in [5.41, 5.74) is 1.19. The Kier molecular flexibility index (Phi) is 6.79. The lowest BCUT2D eigenvalue weighted by Crippen LogP contribution is -3.14. The van der Waals surface area contributed by atoms with E-state index in [1.54, 1.807) is 19.1 Å². The highest BCUT2D eigenvalue weighted by Crippen LogP contribution is 2.22. The Labute approximate surface area is 127 Å². The Bertz CT molecular complexity index is 420. The van der Waals surface area contributed by atoms with Gasteiger partial charge in [-0.3, -0.25) is 0 Å². The molecule has 5 nitrogen and oxygen atoms in total. The van der Waals surface area contributed by atoms with E-state index in [0.717, 1.165) is 50.9 Å². The monoisotopic (exact) mass is 296 g/mol. The van der Waals surface area contributed by atoms with Crippen LogP contribution in [0.15, 0.2) is 18.2 Å². The van der Waals surface area contributed by atoms with Gasteiger partial charge in [0.05, 0.1) is 46.1 Å². The molecule has 1 aromatic carbocycles. The average molecular weight is 296 g/mol. The van der Waals surface area contributed by atoms with Crippen molar-refractivity contribution in [3.05, 3.63) is 23.8 Å². The van der Waals surface area contributed by atoms with Crippen LogP contribution in [0.1, 0.15) is 12.0 Å². The second kappa shape index (κ2) is 8.87. The van der Waals surface area contributed by atoms with Crippen LogP contribution in [-0.2, 0) is 11.3 Å². The normalized spacial score (nSPS) is 15.9. The number of ether oxygens (including phenoxy) is 3. The van der Waals surface area contributed by atoms with Crippen molar-refractivity contribution in [2.24, 2.45) is 0 Å². The van der Waals surface area contributed by atoms with E-state index in [9.17, 15) is 0 Å². The van der Waals surface area contributed by atoms with Crippen molar-refractivity contribution in [1.82, 2.24) is 0 Å². The molecule has 5 heteroatoms. The minimum Gasteiger partial charge on any atom is -0.497 e. The summed E-state index contributed by atoms with van der Waals surface area (Å²) in [6, 6.07) is 5.96. The van der Waals surface area contributed by atoms with Crippen LogP contribution in [-0.4, -0.2) is 53.6 Å². The standard InChI is InChI=1S/C16H26N2O3/c1-19-15-4-5-16(20-2)14(12-15)13-17-6-3-7-18-8-10-21-11-9-18/h4-5,12,17H,3,6-11,13H2,1-2H3/p+2. The van der Waals surface area contributed by atoms with Crippen LogP contribution >= 0.6 is 0 Å². The number of methoxy groups -OCH3 is 2. The van der Waals surface area contributed by atoms with E-state index in [1.807, 2.05) is 12.1 Å². The molecule has 0 bridgehead atoms. The number of rotatable bonds is 8. The summed E-state index contributed by atoms with van der Waals surface area (Å²) >= 11 is 0. The van der Waals surface area contributed by atoms with Crippen molar-refractivity contribution in [2.75, 3.05) is 53.6 Å². The lowest BCUT2D eigenvalue weighted by atomic mass is 10.2. The van der Waals surface area contributed by atoms with E-state index in [2.05, 4.69) is 11.4 Å². The van der Waals surface area contributed by atoms with Gasteiger partial charge >= 0.3 is 0 Å². The Morgan fingerprint density at radius 3 is 2.71 bits per heavy atom. The molecule has 118 valence electrons. The quantitative estimate of drug-likeness (QED) is 0.610. The van der Waals surface area contributed by atoms with Crippen molar-refractivity contribution < 1.29 is 24.4 Å². The number of hydrogen-bond acceptors (Lipinski definition) is 3. The molecule has 1 aliphatic rings. The number of quaternary nitrogens is 2. The molecule has 21 heavy (non-hydrogen) atoms. The SMILES string of the molecule is COc1ccc(OC)c(C[NH2+]CCC[NH+]2CCOCC2)c1. The van der Waals surface area contributed by atoms with Crippen molar-refractivity contribution in [1.29, 1.82) is 0 Å². The van der Waals surface area contributed by atoms with Gasteiger partial charge in [0, 0.05) is 6.42 Å². The molecule has 0 radical (unpaired) electrons. The van der Waals surface area contributed by atoms with Crippen LogP contribution in [0.5, 0.6) is 11.5 Å². The first kappa shape index (κ1) is 16.1. The van der Waals surface area contributed by atoms with Crippen molar-refractivity contribution in [3.8, 4) is 11.5 Å². The van der Waals surface area contributed by atoms with E-state index >= 15 is 0 Å². The van der Waals surface area contributed by atoms with Crippen molar-refractivity contribution in [3.63, 3.8) is 0 Å². The molecule has 0 amide bonds. The van der Waals surface area contributed by atoms with Crippen LogP contribution < -0.4 is 19.7 Å². The molecular formula is C16H28N2O3+2. The summed E-state index contributed by atoms with van der Waals surface area (Å²) in [6.45, 7) is 7.46. The number of nitrogens with one attached hydrogen (secondary N) is 1. The maximum atomic E-state index is 5.40. The summed E-state index contributed by atoms with van der Waals surface area (Å²) in [4.78, 5) is 1.67. The van der Waals surface area contributed by atoms with E-state index < -0.39 is 0 Å². The molecule has 1 aromatic rings. The first-order chi connectivity index (χ1) is 10.3. The van der Waals surface area contributed by atoms with Crippen LogP contribution in [0.4, 0.5) is 0 Å². The second-order valence-corrected chi connectivity index (χ2v) is 5.43. The van der Waals surface area contributed by atoms with Crippen LogP contribution in [0.3, 0.4) is 0 Å². The van der Waals surface area contributed by atoms with Gasteiger partial charge in [-0.2, -0.15) is 0 Å². The molecule has 3 N–H and O–H groups in total. The van der Waals surface area contributed by atoms with E-state index in [4.69, 9.17) is 14.2 Å². The molecule has 1 aliphatic heterocycles. The fraction of sp³-hybridized carbons (Fsp3) is 0.625. The zero-order valence-electron chi connectivity index (χ0n) is 13.2. The third kappa shape index (κ3) is 5.19. The number of benzene rings is 1. The Morgan fingerprint density at radius 1 is 1.19 bits per heavy atom. The molecule has 0 unspecified atom stereocenters. The van der Waals surface area contributed by atoms with Gasteiger partial charge in [0.2, 0.25) is 0 Å². The van der Waals surface area contributed by atoms with Gasteiger partial charge in [-0.25, -0.2) is 0 Å². The van der Waals surface area contributed by atoms with Gasteiger partial charge in [-0.05, 0) is 18.2 Å². The van der Waals surface area contributed by atoms with Gasteiger partial charge in [0.1, 0.15) is 31.1 Å². The molecule has 0 aromatic heterocycles. The predicted octanol–water partition coefficient (Wildman–Crippen LogP) is -0.928. The molecule has 0 spiro atoms. The van der Waals surface area contributed by atoms with Gasteiger partial charge in [-0.1, -0.05) is 0 Å². The summed E-state index contributed by atoms with van der Waals surface area (Å²) < 4.78 is 16.1. The van der Waals surface area contributed by atoms with Gasteiger partial charge in [-0.15, -0.1) is 0 Å². The molecular weight excluding hydrogens is 268 g/mol. The highest BCUT2D eigenvalue weighted by Gasteiger charge is 2.13. The zero-order chi connectivity index (χ0) is 14.9. The summed E-state index contributed by atoms with van der Waals surface area (Å²) in [5.74, 6) is 1.82. The maximum absolute atomic E-state index is 5.40. The highest BCUT2D eigenvalue weighted by atomic mass is 16.5. The van der Waals surface area contributed by atoms with E-state index in [0.29, 0.717) is 0 Å². The minimum atomic E-state index is 0.886. The first-order valence-electron chi connectivity index (χ1n) is 7.77. The summed E-state index contributed by atoms with van der Waals surface area (Å²) in [7, 11) is 3.41. The van der Waals surface area contributed by atoms with Crippen LogP contribution in [0, 0.1) is 0 Å². The lowest BCUT2D eigenvalue weighted by molar-refractivity contribution is -0.909. The topological polar surface area (TPSA) is 48.7 Å². The molecule has 0 saturated carbocycles. The Morgan fingerprint density at radius 2 is 2.00 bits per heavy atom.